The summed E-state index contributed by atoms with van der Waals surface area (Å²) in [5, 5.41) is 17.8. The van der Waals surface area contributed by atoms with E-state index < -0.39 is 10.9 Å². The molecule has 1 N–H and O–H groups in total. The predicted molar refractivity (Wildman–Crippen MR) is 56.4 cm³/mol. The van der Waals surface area contributed by atoms with Gasteiger partial charge in [-0.2, -0.15) is 0 Å². The van der Waals surface area contributed by atoms with Gasteiger partial charge >= 0.3 is 0 Å². The highest BCUT2D eigenvalue weighted by molar-refractivity contribution is 5.97. The van der Waals surface area contributed by atoms with Crippen molar-refractivity contribution in [1.29, 1.82) is 0 Å². The second-order valence-electron chi connectivity index (χ2n) is 2.85. The van der Waals surface area contributed by atoms with Gasteiger partial charge in [-0.3, -0.25) is 19.7 Å². The molecule has 0 aliphatic carbocycles. The highest BCUT2D eigenvalue weighted by Crippen LogP contribution is 2.17. The Morgan fingerprint density at radius 3 is 2.00 bits per heavy atom. The molecular weight excluding hydrogens is 214 g/mol. The molecular formula is C10H11NO5. The fourth-order valence-electron chi connectivity index (χ4n) is 0.931. The van der Waals surface area contributed by atoms with Crippen LogP contribution in [0.4, 0.5) is 5.69 Å². The molecule has 0 amide bonds. The number of Topliss-reactive ketones (excluding diaryl/α,β-unsaturated/α-hetero) is 1. The molecule has 0 radical (unpaired) electrons. The largest absolute Gasteiger partial charge is 0.481 e. The summed E-state index contributed by atoms with van der Waals surface area (Å²) in [5.74, 6) is -1.12. The Bertz CT molecular complexity index is 376. The summed E-state index contributed by atoms with van der Waals surface area (Å²) < 4.78 is 0. The zero-order chi connectivity index (χ0) is 12.7. The Morgan fingerprint density at radius 2 is 1.69 bits per heavy atom. The molecule has 0 aliphatic heterocycles. The first-order chi connectivity index (χ1) is 7.36. The predicted octanol–water partition coefficient (Wildman–Crippen LogP) is 1.89. The maximum absolute atomic E-state index is 10.9. The van der Waals surface area contributed by atoms with E-state index in [2.05, 4.69) is 0 Å². The van der Waals surface area contributed by atoms with Gasteiger partial charge in [0, 0.05) is 13.0 Å². The molecule has 0 bridgehead atoms. The Hall–Kier alpha value is -2.24. The molecule has 6 nitrogen and oxygen atoms in total. The van der Waals surface area contributed by atoms with Gasteiger partial charge in [0.25, 0.3) is 11.7 Å². The second-order valence-corrected chi connectivity index (χ2v) is 2.85. The number of hydrogen-bond donors (Lipinski definition) is 1. The van der Waals surface area contributed by atoms with E-state index in [1.807, 2.05) is 0 Å². The maximum atomic E-state index is 10.9. The van der Waals surface area contributed by atoms with E-state index in [1.165, 1.54) is 25.1 Å². The Kier molecular flexibility index (Phi) is 5.40. The standard InChI is InChI=1S/C8H7NO3.C2H4O2/c1-6(10)7-4-2-3-5-8(7)9(11)12;1-2(3)4/h2-5H,1H3;1H3,(H,3,4). The quantitative estimate of drug-likeness (QED) is 0.470. The molecule has 1 aromatic carbocycles. The lowest BCUT2D eigenvalue weighted by molar-refractivity contribution is -0.385. The monoisotopic (exact) mass is 225 g/mol. The van der Waals surface area contributed by atoms with Crippen molar-refractivity contribution in [1.82, 2.24) is 0 Å². The molecule has 0 saturated heterocycles. The molecule has 16 heavy (non-hydrogen) atoms. The molecule has 6 heteroatoms. The first-order valence-corrected chi connectivity index (χ1v) is 4.30. The zero-order valence-corrected chi connectivity index (χ0v) is 8.84. The number of hydrogen-bond acceptors (Lipinski definition) is 4. The van der Waals surface area contributed by atoms with E-state index in [-0.39, 0.29) is 17.0 Å². The average molecular weight is 225 g/mol. The van der Waals surface area contributed by atoms with E-state index in [0.29, 0.717) is 0 Å². The van der Waals surface area contributed by atoms with Gasteiger partial charge in [0.05, 0.1) is 10.5 Å². The SMILES string of the molecule is CC(=O)O.CC(=O)c1ccccc1[N+](=O)[O-]. The number of carbonyl (C=O) groups excluding carboxylic acids is 1. The molecule has 0 heterocycles. The summed E-state index contributed by atoms with van der Waals surface area (Å²) >= 11 is 0. The number of carbonyl (C=O) groups is 2. The van der Waals surface area contributed by atoms with E-state index >= 15 is 0 Å². The number of nitro groups is 1. The van der Waals surface area contributed by atoms with Gasteiger partial charge in [-0.05, 0) is 13.0 Å². The topological polar surface area (TPSA) is 97.5 Å². The van der Waals surface area contributed by atoms with Crippen molar-refractivity contribution in [3.8, 4) is 0 Å². The van der Waals surface area contributed by atoms with Crippen molar-refractivity contribution in [2.75, 3.05) is 0 Å². The first kappa shape index (κ1) is 13.8. The molecule has 0 unspecified atom stereocenters. The van der Waals surface area contributed by atoms with Crippen LogP contribution in [-0.2, 0) is 4.79 Å². The fraction of sp³-hybridized carbons (Fsp3) is 0.200. The van der Waals surface area contributed by atoms with Crippen LogP contribution in [0.3, 0.4) is 0 Å². The number of nitrogens with zero attached hydrogens (tertiary/aromatic N) is 1. The molecule has 0 aromatic heterocycles. The second kappa shape index (κ2) is 6.28. The van der Waals surface area contributed by atoms with Crippen LogP contribution >= 0.6 is 0 Å². The summed E-state index contributed by atoms with van der Waals surface area (Å²) in [5.41, 5.74) is 0.0208. The normalized spacial score (nSPS) is 8.62. The molecule has 0 atom stereocenters. The zero-order valence-electron chi connectivity index (χ0n) is 8.84. The van der Waals surface area contributed by atoms with Crippen LogP contribution in [0.2, 0.25) is 0 Å². The van der Waals surface area contributed by atoms with Crippen molar-refractivity contribution in [2.45, 2.75) is 13.8 Å². The number of ketones is 1. The van der Waals surface area contributed by atoms with E-state index in [1.54, 1.807) is 6.07 Å². The third kappa shape index (κ3) is 4.85. The van der Waals surface area contributed by atoms with Crippen LogP contribution < -0.4 is 0 Å². The minimum Gasteiger partial charge on any atom is -0.481 e. The van der Waals surface area contributed by atoms with Gasteiger partial charge in [0.1, 0.15) is 0 Å². The van der Waals surface area contributed by atoms with E-state index in [4.69, 9.17) is 9.90 Å². The van der Waals surface area contributed by atoms with Gasteiger partial charge in [0.15, 0.2) is 5.78 Å². The Balaban J connectivity index is 0.000000487. The van der Waals surface area contributed by atoms with Gasteiger partial charge in [0.2, 0.25) is 0 Å². The van der Waals surface area contributed by atoms with Gasteiger partial charge in [-0.25, -0.2) is 0 Å². The van der Waals surface area contributed by atoms with Crippen molar-refractivity contribution < 1.29 is 19.6 Å². The summed E-state index contributed by atoms with van der Waals surface area (Å²) in [7, 11) is 0. The lowest BCUT2D eigenvalue weighted by Crippen LogP contribution is -1.98. The molecule has 0 aliphatic rings. The highest BCUT2D eigenvalue weighted by Gasteiger charge is 2.14. The van der Waals surface area contributed by atoms with Crippen molar-refractivity contribution in [3.63, 3.8) is 0 Å². The summed E-state index contributed by atoms with van der Waals surface area (Å²) in [6, 6.07) is 5.89. The minimum absolute atomic E-state index is 0.134. The minimum atomic E-state index is -0.833. The average Bonchev–Trinajstić information content (AvgIpc) is 2.16. The Morgan fingerprint density at radius 1 is 1.25 bits per heavy atom. The van der Waals surface area contributed by atoms with Gasteiger partial charge in [-0.15, -0.1) is 0 Å². The molecule has 0 fully saturated rings. The third-order valence-electron chi connectivity index (χ3n) is 1.48. The summed E-state index contributed by atoms with van der Waals surface area (Å²) in [6.07, 6.45) is 0. The van der Waals surface area contributed by atoms with Crippen LogP contribution in [0.1, 0.15) is 24.2 Å². The van der Waals surface area contributed by atoms with Crippen LogP contribution in [0, 0.1) is 10.1 Å². The number of aliphatic carboxylic acids is 1. The lowest BCUT2D eigenvalue weighted by atomic mass is 10.1. The van der Waals surface area contributed by atoms with Gasteiger partial charge in [-0.1, -0.05) is 12.1 Å². The highest BCUT2D eigenvalue weighted by atomic mass is 16.6. The molecule has 1 aromatic rings. The maximum Gasteiger partial charge on any atom is 0.300 e. The van der Waals surface area contributed by atoms with Crippen molar-refractivity contribution >= 4 is 17.4 Å². The number of carboxylic acid groups (broad SMARTS) is 1. The number of nitro benzene ring substituents is 1. The third-order valence-corrected chi connectivity index (χ3v) is 1.48. The molecule has 0 saturated carbocycles. The van der Waals surface area contributed by atoms with E-state index in [9.17, 15) is 14.9 Å². The number of para-hydroxylation sites is 1. The molecule has 86 valence electrons. The van der Waals surface area contributed by atoms with E-state index in [0.717, 1.165) is 6.92 Å². The van der Waals surface area contributed by atoms with Crippen LogP contribution in [0.15, 0.2) is 24.3 Å². The van der Waals surface area contributed by atoms with Crippen LogP contribution in [0.5, 0.6) is 0 Å². The molecule has 0 spiro atoms. The fourth-order valence-corrected chi connectivity index (χ4v) is 0.931. The number of rotatable bonds is 2. The number of benzene rings is 1. The Labute approximate surface area is 91.7 Å². The number of carboxylic acids is 1. The molecule has 1 rings (SSSR count). The summed E-state index contributed by atoms with van der Waals surface area (Å²) in [4.78, 5) is 29.7. The van der Waals surface area contributed by atoms with Crippen LogP contribution in [0.25, 0.3) is 0 Å². The van der Waals surface area contributed by atoms with Crippen molar-refractivity contribution in [2.24, 2.45) is 0 Å². The lowest BCUT2D eigenvalue weighted by Gasteiger charge is -1.95. The first-order valence-electron chi connectivity index (χ1n) is 4.30. The smallest absolute Gasteiger partial charge is 0.300 e. The van der Waals surface area contributed by atoms with Gasteiger partial charge < -0.3 is 5.11 Å². The van der Waals surface area contributed by atoms with Crippen molar-refractivity contribution in [3.05, 3.63) is 39.9 Å². The summed E-state index contributed by atoms with van der Waals surface area (Å²) in [6.45, 7) is 2.39. The van der Waals surface area contributed by atoms with Crippen LogP contribution in [-0.4, -0.2) is 21.8 Å².